The van der Waals surface area contributed by atoms with Crippen molar-refractivity contribution in [2.45, 2.75) is 45.6 Å². The Kier molecular flexibility index (Phi) is 5.38. The zero-order chi connectivity index (χ0) is 14.8. The molecule has 4 heteroatoms. The van der Waals surface area contributed by atoms with Gasteiger partial charge in [0.1, 0.15) is 5.75 Å². The fraction of sp³-hybridized carbons (Fsp3) is 0.625. The minimum atomic E-state index is 0.271. The van der Waals surface area contributed by atoms with Crippen LogP contribution >= 0.6 is 27.5 Å². The molecule has 1 aliphatic carbocycles. The predicted molar refractivity (Wildman–Crippen MR) is 88.7 cm³/mol. The molecule has 0 radical (unpaired) electrons. The molecular weight excluding hydrogens is 338 g/mol. The zero-order valence-electron chi connectivity index (χ0n) is 12.4. The van der Waals surface area contributed by atoms with Crippen LogP contribution in [0.25, 0.3) is 0 Å². The summed E-state index contributed by atoms with van der Waals surface area (Å²) in [5, 5.41) is 4.40. The van der Waals surface area contributed by atoms with Crippen molar-refractivity contribution in [2.75, 3.05) is 13.7 Å². The lowest BCUT2D eigenvalue weighted by molar-refractivity contribution is 0.221. The van der Waals surface area contributed by atoms with E-state index in [0.29, 0.717) is 0 Å². The first-order valence-electron chi connectivity index (χ1n) is 7.28. The number of nitrogens with one attached hydrogen (secondary N) is 1. The van der Waals surface area contributed by atoms with Gasteiger partial charge in [-0.3, -0.25) is 0 Å². The van der Waals surface area contributed by atoms with Gasteiger partial charge < -0.3 is 10.1 Å². The van der Waals surface area contributed by atoms with Gasteiger partial charge in [0.2, 0.25) is 0 Å². The van der Waals surface area contributed by atoms with Crippen LogP contribution in [0.3, 0.4) is 0 Å². The molecule has 1 atom stereocenters. The normalized spacial score (nSPS) is 19.1. The quantitative estimate of drug-likeness (QED) is 0.765. The highest BCUT2D eigenvalue weighted by Crippen LogP contribution is 2.50. The molecule has 0 aliphatic heterocycles. The molecule has 0 aromatic heterocycles. The van der Waals surface area contributed by atoms with Gasteiger partial charge in [-0.05, 0) is 52.9 Å². The molecule has 1 aromatic carbocycles. The number of halogens is 2. The van der Waals surface area contributed by atoms with E-state index in [1.54, 1.807) is 7.11 Å². The predicted octanol–water partition coefficient (Wildman–Crippen LogP) is 5.34. The second-order valence-corrected chi connectivity index (χ2v) is 7.15. The Morgan fingerprint density at radius 1 is 1.40 bits per heavy atom. The largest absolute Gasteiger partial charge is 0.495 e. The summed E-state index contributed by atoms with van der Waals surface area (Å²) >= 11 is 9.83. The minimum Gasteiger partial charge on any atom is -0.495 e. The van der Waals surface area contributed by atoms with Crippen LogP contribution in [0.15, 0.2) is 16.6 Å². The molecule has 1 aromatic rings. The third-order valence-electron chi connectivity index (χ3n) is 4.40. The lowest BCUT2D eigenvalue weighted by Crippen LogP contribution is -2.34. The molecule has 1 saturated carbocycles. The van der Waals surface area contributed by atoms with Gasteiger partial charge in [0.05, 0.1) is 11.6 Å². The zero-order valence-corrected chi connectivity index (χ0v) is 14.8. The summed E-state index contributed by atoms with van der Waals surface area (Å²) in [4.78, 5) is 0. The number of benzene rings is 1. The van der Waals surface area contributed by atoms with E-state index in [1.165, 1.54) is 25.7 Å². The maximum Gasteiger partial charge on any atom is 0.137 e. The van der Waals surface area contributed by atoms with Crippen LogP contribution in [-0.4, -0.2) is 13.7 Å². The molecule has 1 unspecified atom stereocenters. The number of hydrogen-bond acceptors (Lipinski definition) is 2. The highest BCUT2D eigenvalue weighted by molar-refractivity contribution is 9.10. The fourth-order valence-corrected chi connectivity index (χ4v) is 4.41. The van der Waals surface area contributed by atoms with Crippen LogP contribution in [0.2, 0.25) is 5.02 Å². The highest BCUT2D eigenvalue weighted by atomic mass is 79.9. The standard InChI is InChI=1S/C16H23BrClNO/c1-4-19-15(16(2)7-5-6-8-16)12-9-11(18)10-13(17)14(12)20-3/h9-10,15,19H,4-8H2,1-3H3. The van der Waals surface area contributed by atoms with Crippen molar-refractivity contribution in [3.05, 3.63) is 27.2 Å². The Labute approximate surface area is 135 Å². The lowest BCUT2D eigenvalue weighted by atomic mass is 9.77. The minimum absolute atomic E-state index is 0.271. The molecule has 0 saturated heterocycles. The van der Waals surface area contributed by atoms with Crippen molar-refractivity contribution in [1.82, 2.24) is 5.32 Å². The number of methoxy groups -OCH3 is 1. The molecule has 2 nitrogen and oxygen atoms in total. The summed E-state index contributed by atoms with van der Waals surface area (Å²) in [6, 6.07) is 4.21. The van der Waals surface area contributed by atoms with E-state index in [4.69, 9.17) is 16.3 Å². The van der Waals surface area contributed by atoms with Crippen LogP contribution in [0.5, 0.6) is 5.75 Å². The summed E-state index contributed by atoms with van der Waals surface area (Å²) in [6.45, 7) is 5.46. The third-order valence-corrected chi connectivity index (χ3v) is 5.21. The average molecular weight is 361 g/mol. The van der Waals surface area contributed by atoms with Crippen molar-refractivity contribution in [2.24, 2.45) is 5.41 Å². The van der Waals surface area contributed by atoms with Crippen molar-refractivity contribution < 1.29 is 4.74 Å². The Bertz CT molecular complexity index is 472. The van der Waals surface area contributed by atoms with Crippen LogP contribution in [0.4, 0.5) is 0 Å². The van der Waals surface area contributed by atoms with Crippen LogP contribution in [0, 0.1) is 5.41 Å². The fourth-order valence-electron chi connectivity index (χ4n) is 3.42. The molecule has 2 rings (SSSR count). The van der Waals surface area contributed by atoms with Crippen molar-refractivity contribution in [3.63, 3.8) is 0 Å². The number of ether oxygens (including phenoxy) is 1. The van der Waals surface area contributed by atoms with Gasteiger partial charge >= 0.3 is 0 Å². The van der Waals surface area contributed by atoms with Crippen LogP contribution < -0.4 is 10.1 Å². The SMILES string of the molecule is CCNC(c1cc(Cl)cc(Br)c1OC)C1(C)CCCC1. The van der Waals surface area contributed by atoms with Crippen LogP contribution in [0.1, 0.15) is 51.1 Å². The first kappa shape index (κ1) is 16.1. The molecular formula is C16H23BrClNO. The second kappa shape index (κ2) is 6.67. The van der Waals surface area contributed by atoms with Crippen molar-refractivity contribution in [1.29, 1.82) is 0 Å². The van der Waals surface area contributed by atoms with Crippen LogP contribution in [-0.2, 0) is 0 Å². The molecule has 0 spiro atoms. The highest BCUT2D eigenvalue weighted by Gasteiger charge is 2.39. The van der Waals surface area contributed by atoms with E-state index in [1.807, 2.05) is 12.1 Å². The Balaban J connectivity index is 2.48. The molecule has 0 bridgehead atoms. The van der Waals surface area contributed by atoms with E-state index in [-0.39, 0.29) is 11.5 Å². The van der Waals surface area contributed by atoms with Gasteiger partial charge in [-0.15, -0.1) is 0 Å². The first-order valence-corrected chi connectivity index (χ1v) is 8.45. The molecule has 1 aliphatic rings. The molecule has 112 valence electrons. The molecule has 20 heavy (non-hydrogen) atoms. The van der Waals surface area contributed by atoms with Gasteiger partial charge in [0.15, 0.2) is 0 Å². The molecule has 1 fully saturated rings. The Morgan fingerprint density at radius 2 is 2.05 bits per heavy atom. The van der Waals surface area contributed by atoms with E-state index < -0.39 is 0 Å². The molecule has 1 N–H and O–H groups in total. The lowest BCUT2D eigenvalue weighted by Gasteiger charge is -2.36. The summed E-state index contributed by atoms with van der Waals surface area (Å²) in [7, 11) is 1.72. The van der Waals surface area contributed by atoms with E-state index >= 15 is 0 Å². The summed E-state index contributed by atoms with van der Waals surface area (Å²) < 4.78 is 6.54. The average Bonchev–Trinajstić information content (AvgIpc) is 2.83. The van der Waals surface area contributed by atoms with E-state index in [0.717, 1.165) is 27.4 Å². The number of hydrogen-bond donors (Lipinski definition) is 1. The summed E-state index contributed by atoms with van der Waals surface area (Å²) in [5.74, 6) is 0.897. The van der Waals surface area contributed by atoms with Gasteiger partial charge in [-0.25, -0.2) is 0 Å². The Hall–Kier alpha value is -0.250. The first-order chi connectivity index (χ1) is 9.51. The topological polar surface area (TPSA) is 21.3 Å². The number of rotatable bonds is 5. The summed E-state index contributed by atoms with van der Waals surface area (Å²) in [5.41, 5.74) is 1.44. The molecule has 0 amide bonds. The van der Waals surface area contributed by atoms with Gasteiger partial charge in [-0.2, -0.15) is 0 Å². The monoisotopic (exact) mass is 359 g/mol. The van der Waals surface area contributed by atoms with E-state index in [2.05, 4.69) is 35.1 Å². The smallest absolute Gasteiger partial charge is 0.137 e. The van der Waals surface area contributed by atoms with E-state index in [9.17, 15) is 0 Å². The third kappa shape index (κ3) is 3.15. The maximum atomic E-state index is 6.26. The maximum absolute atomic E-state index is 6.26. The van der Waals surface area contributed by atoms with Gasteiger partial charge in [0.25, 0.3) is 0 Å². The second-order valence-electron chi connectivity index (χ2n) is 5.86. The summed E-state index contributed by atoms with van der Waals surface area (Å²) in [6.07, 6.45) is 5.11. The van der Waals surface area contributed by atoms with Crippen molar-refractivity contribution in [3.8, 4) is 5.75 Å². The van der Waals surface area contributed by atoms with Gasteiger partial charge in [-0.1, -0.05) is 38.3 Å². The van der Waals surface area contributed by atoms with Crippen molar-refractivity contribution >= 4 is 27.5 Å². The molecule has 0 heterocycles. The van der Waals surface area contributed by atoms with Gasteiger partial charge in [0, 0.05) is 16.6 Å². The Morgan fingerprint density at radius 3 is 2.60 bits per heavy atom.